The molecule has 0 bridgehead atoms. The summed E-state index contributed by atoms with van der Waals surface area (Å²) in [6.45, 7) is 1.93. The molecule has 2 aromatic rings. The second-order valence-electron chi connectivity index (χ2n) is 6.21. The number of hydrogen-bond donors (Lipinski definition) is 1. The van der Waals surface area contributed by atoms with Crippen molar-refractivity contribution in [2.45, 2.75) is 18.6 Å². The summed E-state index contributed by atoms with van der Waals surface area (Å²) in [5, 5.41) is 10.0. The molecule has 1 heterocycles. The largest absolute Gasteiger partial charge is 0.365 e. The number of halogens is 2. The molecule has 1 fully saturated rings. The van der Waals surface area contributed by atoms with Crippen LogP contribution in [0.3, 0.4) is 0 Å². The van der Waals surface area contributed by atoms with E-state index >= 15 is 0 Å². The van der Waals surface area contributed by atoms with E-state index in [1.165, 1.54) is 4.90 Å². The van der Waals surface area contributed by atoms with Crippen molar-refractivity contribution in [3.8, 4) is 6.07 Å². The number of primary amides is 1. The van der Waals surface area contributed by atoms with Gasteiger partial charge < -0.3 is 5.73 Å². The van der Waals surface area contributed by atoms with Gasteiger partial charge in [0.25, 0.3) is 5.91 Å². The van der Waals surface area contributed by atoms with E-state index in [1.807, 2.05) is 25.1 Å². The van der Waals surface area contributed by atoms with Crippen LogP contribution in [-0.4, -0.2) is 17.1 Å². The Bertz CT molecular complexity index is 1030. The third-order valence-electron chi connectivity index (χ3n) is 4.24. The van der Waals surface area contributed by atoms with Crippen molar-refractivity contribution in [3.05, 3.63) is 74.2 Å². The van der Waals surface area contributed by atoms with E-state index in [0.717, 1.165) is 22.9 Å². The highest BCUT2D eigenvalue weighted by molar-refractivity contribution is 8.05. The fourth-order valence-corrected chi connectivity index (χ4v) is 4.60. The second-order valence-corrected chi connectivity index (χ2v) is 8.25. The zero-order chi connectivity index (χ0) is 20.4. The summed E-state index contributed by atoms with van der Waals surface area (Å²) >= 11 is 13.3. The zero-order valence-electron chi connectivity index (χ0n) is 14.8. The van der Waals surface area contributed by atoms with Crippen LogP contribution in [0.5, 0.6) is 0 Å². The molecule has 1 atom stereocenters. The Kier molecular flexibility index (Phi) is 5.99. The number of hydrogen-bond acceptors (Lipinski definition) is 4. The maximum absolute atomic E-state index is 13.2. The molecule has 8 heteroatoms. The highest BCUT2D eigenvalue weighted by Crippen LogP contribution is 2.42. The Hall–Kier alpha value is -2.46. The van der Waals surface area contributed by atoms with Gasteiger partial charge in [-0.25, -0.2) is 0 Å². The summed E-state index contributed by atoms with van der Waals surface area (Å²) in [5.74, 6) is -1.12. The smallest absolute Gasteiger partial charge is 0.262 e. The lowest BCUT2D eigenvalue weighted by Crippen LogP contribution is -2.31. The first kappa shape index (κ1) is 20.3. The van der Waals surface area contributed by atoms with Gasteiger partial charge >= 0.3 is 0 Å². The van der Waals surface area contributed by atoms with Gasteiger partial charge in [-0.05, 0) is 43.2 Å². The zero-order valence-corrected chi connectivity index (χ0v) is 17.1. The number of nitrogens with two attached hydrogens (primary N) is 1. The fourth-order valence-electron chi connectivity index (χ4n) is 2.82. The van der Waals surface area contributed by atoms with Crippen LogP contribution < -0.4 is 10.6 Å². The van der Waals surface area contributed by atoms with Crippen molar-refractivity contribution >= 4 is 52.5 Å². The molecule has 1 aliphatic heterocycles. The minimum Gasteiger partial charge on any atom is -0.365 e. The van der Waals surface area contributed by atoms with E-state index in [1.54, 1.807) is 30.3 Å². The van der Waals surface area contributed by atoms with Crippen molar-refractivity contribution in [2.24, 2.45) is 5.73 Å². The lowest BCUT2D eigenvalue weighted by atomic mass is 10.1. The minimum atomic E-state index is -0.875. The molecule has 1 aliphatic rings. The molecule has 2 aromatic carbocycles. The van der Waals surface area contributed by atoms with Gasteiger partial charge in [0, 0.05) is 15.7 Å². The lowest BCUT2D eigenvalue weighted by molar-refractivity contribution is -0.117. The highest BCUT2D eigenvalue weighted by atomic mass is 35.5. The predicted molar refractivity (Wildman–Crippen MR) is 112 cm³/mol. The number of carbonyl (C=O) groups is 2. The van der Waals surface area contributed by atoms with Gasteiger partial charge in [0.2, 0.25) is 5.91 Å². The molecule has 2 amide bonds. The third-order valence-corrected chi connectivity index (χ3v) is 6.09. The van der Waals surface area contributed by atoms with Gasteiger partial charge in [0.1, 0.15) is 16.7 Å². The fraction of sp³-hybridized carbons (Fsp3) is 0.150. The Morgan fingerprint density at radius 3 is 2.50 bits per heavy atom. The number of rotatable bonds is 4. The van der Waals surface area contributed by atoms with Crippen LogP contribution in [0.25, 0.3) is 0 Å². The monoisotopic (exact) mass is 431 g/mol. The quantitative estimate of drug-likeness (QED) is 0.579. The van der Waals surface area contributed by atoms with Crippen LogP contribution in [0, 0.1) is 18.3 Å². The van der Waals surface area contributed by atoms with E-state index in [4.69, 9.17) is 28.9 Å². The second kappa shape index (κ2) is 8.27. The van der Waals surface area contributed by atoms with Crippen LogP contribution >= 0.6 is 35.0 Å². The van der Waals surface area contributed by atoms with Crippen molar-refractivity contribution in [1.82, 2.24) is 0 Å². The number of nitrogens with zero attached hydrogens (tertiary/aromatic N) is 2. The Morgan fingerprint density at radius 1 is 1.25 bits per heavy atom. The molecule has 1 saturated heterocycles. The predicted octanol–water partition coefficient (Wildman–Crippen LogP) is 4.21. The SMILES string of the molecule is Cc1ccc(N2C(=O)C(Cc3ccc(Cl)cc3Cl)S/C2=C(/C#N)C(N)=O)cc1. The summed E-state index contributed by atoms with van der Waals surface area (Å²) in [7, 11) is 0. The first-order chi connectivity index (χ1) is 13.3. The van der Waals surface area contributed by atoms with E-state index in [9.17, 15) is 14.9 Å². The Labute approximate surface area is 176 Å². The number of anilines is 1. The topological polar surface area (TPSA) is 87.2 Å². The van der Waals surface area contributed by atoms with Gasteiger partial charge in [0.15, 0.2) is 0 Å². The maximum atomic E-state index is 13.2. The van der Waals surface area contributed by atoms with Crippen LogP contribution in [-0.2, 0) is 16.0 Å². The van der Waals surface area contributed by atoms with Gasteiger partial charge in [-0.1, -0.05) is 58.7 Å². The highest BCUT2D eigenvalue weighted by Gasteiger charge is 2.40. The molecule has 0 saturated carbocycles. The molecule has 28 heavy (non-hydrogen) atoms. The van der Waals surface area contributed by atoms with E-state index in [2.05, 4.69) is 0 Å². The molecule has 5 nitrogen and oxygen atoms in total. The summed E-state index contributed by atoms with van der Waals surface area (Å²) in [6, 6.07) is 14.1. The molecular formula is C20H15Cl2N3O2S. The first-order valence-electron chi connectivity index (χ1n) is 8.27. The van der Waals surface area contributed by atoms with E-state index in [0.29, 0.717) is 22.2 Å². The normalized spacial score (nSPS) is 18.1. The summed E-state index contributed by atoms with van der Waals surface area (Å²) < 4.78 is 0. The average Bonchev–Trinajstić information content (AvgIpc) is 2.95. The third kappa shape index (κ3) is 4.02. The van der Waals surface area contributed by atoms with Gasteiger partial charge in [0.05, 0.1) is 5.25 Å². The molecule has 0 aliphatic carbocycles. The number of nitriles is 1. The number of aryl methyl sites for hydroxylation is 1. The molecule has 0 radical (unpaired) electrons. The number of amides is 2. The average molecular weight is 432 g/mol. The summed E-state index contributed by atoms with van der Waals surface area (Å²) in [6.07, 6.45) is 0.322. The Balaban J connectivity index is 2.04. The van der Waals surface area contributed by atoms with Crippen LogP contribution in [0.15, 0.2) is 53.1 Å². The van der Waals surface area contributed by atoms with Gasteiger partial charge in [-0.3, -0.25) is 14.5 Å². The van der Waals surface area contributed by atoms with Gasteiger partial charge in [-0.2, -0.15) is 5.26 Å². The number of thioether (sulfide) groups is 1. The molecule has 0 aromatic heterocycles. The van der Waals surface area contributed by atoms with Crippen LogP contribution in [0.1, 0.15) is 11.1 Å². The Morgan fingerprint density at radius 2 is 1.93 bits per heavy atom. The molecule has 1 unspecified atom stereocenters. The van der Waals surface area contributed by atoms with Crippen LogP contribution in [0.2, 0.25) is 10.0 Å². The molecular weight excluding hydrogens is 417 g/mol. The number of carbonyl (C=O) groups excluding carboxylic acids is 2. The van der Waals surface area contributed by atoms with Crippen LogP contribution in [0.4, 0.5) is 5.69 Å². The number of benzene rings is 2. The van der Waals surface area contributed by atoms with Crippen molar-refractivity contribution in [1.29, 1.82) is 5.26 Å². The molecule has 142 valence electrons. The maximum Gasteiger partial charge on any atom is 0.262 e. The summed E-state index contributed by atoms with van der Waals surface area (Å²) in [5.41, 5.74) is 7.46. The minimum absolute atomic E-state index is 0.235. The van der Waals surface area contributed by atoms with Crippen molar-refractivity contribution in [2.75, 3.05) is 4.90 Å². The summed E-state index contributed by atoms with van der Waals surface area (Å²) in [4.78, 5) is 26.3. The molecule has 0 spiro atoms. The van der Waals surface area contributed by atoms with E-state index in [-0.39, 0.29) is 16.5 Å². The van der Waals surface area contributed by atoms with E-state index < -0.39 is 11.2 Å². The van der Waals surface area contributed by atoms with Crippen molar-refractivity contribution in [3.63, 3.8) is 0 Å². The standard InChI is InChI=1S/C20H15Cl2N3O2S/c1-11-2-6-14(7-3-11)25-19(27)17(28-20(25)15(10-23)18(24)26)8-12-4-5-13(21)9-16(12)22/h2-7,9,17H,8H2,1H3,(H2,24,26)/b20-15-. The lowest BCUT2D eigenvalue weighted by Gasteiger charge is -2.18. The molecule has 2 N–H and O–H groups in total. The van der Waals surface area contributed by atoms with Gasteiger partial charge in [-0.15, -0.1) is 0 Å². The molecule has 3 rings (SSSR count). The first-order valence-corrected chi connectivity index (χ1v) is 9.90. The van der Waals surface area contributed by atoms with Crippen molar-refractivity contribution < 1.29 is 9.59 Å².